The van der Waals surface area contributed by atoms with Crippen LogP contribution in [0, 0.1) is 0 Å². The molecule has 2 heterocycles. The zero-order valence-electron chi connectivity index (χ0n) is 8.15. The number of nitrogens with zero attached hydrogens (tertiary/aromatic N) is 3. The van der Waals surface area contributed by atoms with E-state index in [9.17, 15) is 0 Å². The van der Waals surface area contributed by atoms with Crippen LogP contribution in [0.4, 0.5) is 0 Å². The molecule has 1 aliphatic rings. The molecule has 0 saturated heterocycles. The summed E-state index contributed by atoms with van der Waals surface area (Å²) in [5.74, 6) is 1.16. The first-order chi connectivity index (χ1) is 7.75. The molecule has 3 rings (SSSR count). The fourth-order valence-electron chi connectivity index (χ4n) is 1.50. The molecule has 2 aromatic heterocycles. The molecule has 1 aliphatic carbocycles. The van der Waals surface area contributed by atoms with Crippen molar-refractivity contribution in [1.29, 1.82) is 0 Å². The first kappa shape index (κ1) is 10.6. The van der Waals surface area contributed by atoms with Crippen LogP contribution in [0.1, 0.15) is 24.5 Å². The number of aromatic nitrogens is 3. The van der Waals surface area contributed by atoms with Gasteiger partial charge in [0.1, 0.15) is 10.8 Å². The minimum atomic E-state index is 0.472. The summed E-state index contributed by atoms with van der Waals surface area (Å²) in [5.41, 5.74) is 3.58. The van der Waals surface area contributed by atoms with E-state index in [4.69, 9.17) is 11.6 Å². The van der Waals surface area contributed by atoms with Crippen molar-refractivity contribution in [3.05, 3.63) is 26.2 Å². The second-order valence-electron chi connectivity index (χ2n) is 3.69. The summed E-state index contributed by atoms with van der Waals surface area (Å²) < 4.78 is 0.829. The van der Waals surface area contributed by atoms with Gasteiger partial charge in [-0.2, -0.15) is 0 Å². The van der Waals surface area contributed by atoms with Crippen LogP contribution in [0.15, 0.2) is 15.4 Å². The van der Waals surface area contributed by atoms with E-state index in [-0.39, 0.29) is 0 Å². The first-order valence-electron chi connectivity index (χ1n) is 4.87. The molecular formula is C10H7BrClN3S. The Bertz CT molecular complexity index is 525. The second kappa shape index (κ2) is 4.05. The van der Waals surface area contributed by atoms with E-state index in [0.29, 0.717) is 16.9 Å². The smallest absolute Gasteiger partial charge is 0.180 e. The molecule has 0 bridgehead atoms. The van der Waals surface area contributed by atoms with E-state index in [0.717, 1.165) is 15.9 Å². The summed E-state index contributed by atoms with van der Waals surface area (Å²) in [6, 6.07) is 0. The van der Waals surface area contributed by atoms with Crippen LogP contribution < -0.4 is 0 Å². The van der Waals surface area contributed by atoms with Crippen molar-refractivity contribution in [2.45, 2.75) is 18.8 Å². The van der Waals surface area contributed by atoms with E-state index in [2.05, 4.69) is 30.9 Å². The fourth-order valence-corrected chi connectivity index (χ4v) is 2.71. The second-order valence-corrected chi connectivity index (χ2v) is 5.55. The van der Waals surface area contributed by atoms with E-state index >= 15 is 0 Å². The molecule has 0 atom stereocenters. The molecule has 6 heteroatoms. The van der Waals surface area contributed by atoms with E-state index in [1.54, 1.807) is 5.51 Å². The molecule has 3 nitrogen and oxygen atoms in total. The largest absolute Gasteiger partial charge is 0.241 e. The molecule has 0 aromatic carbocycles. The van der Waals surface area contributed by atoms with Crippen molar-refractivity contribution in [3.8, 4) is 11.5 Å². The van der Waals surface area contributed by atoms with Crippen LogP contribution >= 0.6 is 38.9 Å². The lowest BCUT2D eigenvalue weighted by atomic mass is 10.3. The van der Waals surface area contributed by atoms with Crippen molar-refractivity contribution in [2.75, 3.05) is 0 Å². The minimum Gasteiger partial charge on any atom is -0.241 e. The number of hydrogen-bond acceptors (Lipinski definition) is 4. The third-order valence-corrected chi connectivity index (χ3v) is 4.33. The van der Waals surface area contributed by atoms with E-state index in [1.165, 1.54) is 24.2 Å². The van der Waals surface area contributed by atoms with Crippen LogP contribution in [-0.2, 0) is 0 Å². The molecule has 16 heavy (non-hydrogen) atoms. The summed E-state index contributed by atoms with van der Waals surface area (Å²) in [6.07, 6.45) is 2.37. The standard InChI is InChI=1S/C10H7BrClN3S/c11-7-8(5-1-2-5)14-10(15-9(7)12)6-3-16-4-13-6/h3-5H,1-2H2. The van der Waals surface area contributed by atoms with Gasteiger partial charge in [-0.15, -0.1) is 11.3 Å². The molecule has 1 saturated carbocycles. The summed E-state index contributed by atoms with van der Waals surface area (Å²) in [7, 11) is 0. The van der Waals surface area contributed by atoms with Crippen molar-refractivity contribution >= 4 is 38.9 Å². The molecule has 0 spiro atoms. The highest BCUT2D eigenvalue weighted by molar-refractivity contribution is 9.10. The Kier molecular flexibility index (Phi) is 2.69. The van der Waals surface area contributed by atoms with Crippen LogP contribution in [0.25, 0.3) is 11.5 Å². The van der Waals surface area contributed by atoms with Crippen molar-refractivity contribution in [2.24, 2.45) is 0 Å². The van der Waals surface area contributed by atoms with Gasteiger partial charge in [0.05, 0.1) is 15.7 Å². The van der Waals surface area contributed by atoms with Gasteiger partial charge in [0, 0.05) is 11.3 Å². The molecule has 0 amide bonds. The Labute approximate surface area is 110 Å². The van der Waals surface area contributed by atoms with Crippen LogP contribution in [0.3, 0.4) is 0 Å². The topological polar surface area (TPSA) is 38.7 Å². The Morgan fingerprint density at radius 3 is 2.81 bits per heavy atom. The van der Waals surface area contributed by atoms with Gasteiger partial charge in [-0.3, -0.25) is 0 Å². The van der Waals surface area contributed by atoms with E-state index < -0.39 is 0 Å². The van der Waals surface area contributed by atoms with Crippen LogP contribution in [-0.4, -0.2) is 15.0 Å². The monoisotopic (exact) mass is 315 g/mol. The lowest BCUT2D eigenvalue weighted by Crippen LogP contribution is -1.97. The van der Waals surface area contributed by atoms with Gasteiger partial charge in [0.2, 0.25) is 0 Å². The molecule has 0 aliphatic heterocycles. The quantitative estimate of drug-likeness (QED) is 0.789. The lowest BCUT2D eigenvalue weighted by molar-refractivity contribution is 0.975. The maximum absolute atomic E-state index is 6.09. The van der Waals surface area contributed by atoms with Gasteiger partial charge in [0.15, 0.2) is 5.82 Å². The minimum absolute atomic E-state index is 0.472. The predicted octanol–water partition coefficient (Wildman–Crippen LogP) is 3.89. The molecular weight excluding hydrogens is 310 g/mol. The summed E-state index contributed by atoms with van der Waals surface area (Å²) in [6.45, 7) is 0. The third kappa shape index (κ3) is 1.87. The molecule has 0 N–H and O–H groups in total. The van der Waals surface area contributed by atoms with Gasteiger partial charge in [-0.25, -0.2) is 15.0 Å². The maximum Gasteiger partial charge on any atom is 0.180 e. The first-order valence-corrected chi connectivity index (χ1v) is 6.98. The van der Waals surface area contributed by atoms with Gasteiger partial charge in [-0.1, -0.05) is 11.6 Å². The zero-order valence-corrected chi connectivity index (χ0v) is 11.3. The Morgan fingerprint density at radius 2 is 2.19 bits per heavy atom. The molecule has 1 fully saturated rings. The fraction of sp³-hybridized carbons (Fsp3) is 0.300. The predicted molar refractivity (Wildman–Crippen MR) is 67.8 cm³/mol. The average molecular weight is 317 g/mol. The highest BCUT2D eigenvalue weighted by Crippen LogP contribution is 2.44. The molecule has 2 aromatic rings. The maximum atomic E-state index is 6.09. The summed E-state index contributed by atoms with van der Waals surface area (Å²) in [5, 5.41) is 2.40. The highest BCUT2D eigenvalue weighted by Gasteiger charge is 2.29. The molecule has 0 radical (unpaired) electrons. The summed E-state index contributed by atoms with van der Waals surface area (Å²) in [4.78, 5) is 13.0. The third-order valence-electron chi connectivity index (χ3n) is 2.46. The normalized spacial score (nSPS) is 15.4. The molecule has 0 unspecified atom stereocenters. The van der Waals surface area contributed by atoms with Crippen LogP contribution in [0.5, 0.6) is 0 Å². The van der Waals surface area contributed by atoms with Gasteiger partial charge < -0.3 is 0 Å². The lowest BCUT2D eigenvalue weighted by Gasteiger charge is -2.05. The highest BCUT2D eigenvalue weighted by atomic mass is 79.9. The number of halogens is 2. The SMILES string of the molecule is Clc1nc(-c2cscn2)nc(C2CC2)c1Br. The van der Waals surface area contributed by atoms with Crippen molar-refractivity contribution in [1.82, 2.24) is 15.0 Å². The molecule has 82 valence electrons. The van der Waals surface area contributed by atoms with Gasteiger partial charge in [-0.05, 0) is 28.8 Å². The average Bonchev–Trinajstić information content (AvgIpc) is 2.96. The Morgan fingerprint density at radius 1 is 1.38 bits per heavy atom. The Hall–Kier alpha value is -0.520. The Balaban J connectivity index is 2.13. The number of rotatable bonds is 2. The zero-order chi connectivity index (χ0) is 11.1. The van der Waals surface area contributed by atoms with Gasteiger partial charge >= 0.3 is 0 Å². The van der Waals surface area contributed by atoms with E-state index in [1.807, 2.05) is 5.38 Å². The van der Waals surface area contributed by atoms with Gasteiger partial charge in [0.25, 0.3) is 0 Å². The number of thiazole rings is 1. The van der Waals surface area contributed by atoms with Crippen molar-refractivity contribution in [3.63, 3.8) is 0 Å². The summed E-state index contributed by atoms with van der Waals surface area (Å²) >= 11 is 11.1. The number of hydrogen-bond donors (Lipinski definition) is 0. The van der Waals surface area contributed by atoms with Crippen molar-refractivity contribution < 1.29 is 0 Å². The van der Waals surface area contributed by atoms with Crippen LogP contribution in [0.2, 0.25) is 5.15 Å².